The predicted octanol–water partition coefficient (Wildman–Crippen LogP) is -0.338. The van der Waals surface area contributed by atoms with Crippen LogP contribution in [0.4, 0.5) is 0 Å². The van der Waals surface area contributed by atoms with Gasteiger partial charge in [0.05, 0.1) is 0 Å². The van der Waals surface area contributed by atoms with Crippen LogP contribution in [0.5, 0.6) is 0 Å². The van der Waals surface area contributed by atoms with E-state index in [1.807, 2.05) is 5.18 Å². The van der Waals surface area contributed by atoms with Gasteiger partial charge in [0.15, 0.2) is 0 Å². The average Bonchev–Trinajstić information content (AvgIpc) is 1.64. The second kappa shape index (κ2) is 3.18. The van der Waals surface area contributed by atoms with Gasteiger partial charge in [-0.15, -0.1) is 17.5 Å². The van der Waals surface area contributed by atoms with Crippen LogP contribution < -0.4 is 0 Å². The molecule has 0 aliphatic heterocycles. The van der Waals surface area contributed by atoms with Gasteiger partial charge >= 0.3 is 5.97 Å². The van der Waals surface area contributed by atoms with Gasteiger partial charge in [-0.1, -0.05) is 0 Å². The summed E-state index contributed by atoms with van der Waals surface area (Å²) in [7, 11) is 0. The third-order valence-electron chi connectivity index (χ3n) is 0.573. The number of hydrogen-bond acceptors (Lipinski definition) is 4. The van der Waals surface area contributed by atoms with Crippen LogP contribution in [-0.4, -0.2) is 22.2 Å². The Bertz CT molecular complexity index is 142. The molecular weight excluding hydrogens is 146 g/mol. The molecule has 0 rings (SSSR count). The molecule has 0 fully saturated rings. The molecule has 1 atom stereocenters. The highest BCUT2D eigenvalue weighted by Gasteiger charge is 2.23. The fourth-order valence-electron chi connectivity index (χ4n) is 0.196. The number of hydrogen-bond donors (Lipinski definition) is 2. The molecule has 0 saturated carbocycles. The molecule has 6 heteroatoms. The molecule has 0 aliphatic rings. The molecule has 0 aromatic rings. The van der Waals surface area contributed by atoms with Crippen molar-refractivity contribution in [3.05, 3.63) is 4.91 Å². The summed E-state index contributed by atoms with van der Waals surface area (Å²) in [6.07, 6.45) is 0. The van der Waals surface area contributed by atoms with E-state index in [1.54, 1.807) is 0 Å². The number of rotatable bonds is 3. The first-order chi connectivity index (χ1) is 4.09. The van der Waals surface area contributed by atoms with E-state index < -0.39 is 17.1 Å². The lowest BCUT2D eigenvalue weighted by Crippen LogP contribution is -2.23. The lowest BCUT2D eigenvalue weighted by atomic mass is 10.4. The van der Waals surface area contributed by atoms with Gasteiger partial charge in [-0.05, 0) is 5.18 Å². The number of carbonyl (C=O) groups is 2. The Morgan fingerprint density at radius 1 is 1.56 bits per heavy atom. The first-order valence-electron chi connectivity index (χ1n) is 1.87. The van der Waals surface area contributed by atoms with E-state index in [1.165, 1.54) is 0 Å². The molecule has 0 bridgehead atoms. The largest absolute Gasteiger partial charge is 0.479 e. The lowest BCUT2D eigenvalue weighted by molar-refractivity contribution is -0.140. The van der Waals surface area contributed by atoms with Gasteiger partial charge in [0.2, 0.25) is 5.12 Å². The van der Waals surface area contributed by atoms with Crippen LogP contribution in [0.25, 0.3) is 0 Å². The van der Waals surface area contributed by atoms with Crippen molar-refractivity contribution in [1.82, 2.24) is 0 Å². The van der Waals surface area contributed by atoms with Crippen LogP contribution in [0.3, 0.4) is 0 Å². The molecule has 0 radical (unpaired) electrons. The molecule has 0 aromatic heterocycles. The average molecular weight is 149 g/mol. The first-order valence-corrected chi connectivity index (χ1v) is 2.32. The second-order valence-corrected chi connectivity index (χ2v) is 1.63. The maximum atomic E-state index is 10.0. The first kappa shape index (κ1) is 8.09. The molecule has 0 aromatic carbocycles. The molecule has 0 heterocycles. The third-order valence-corrected chi connectivity index (χ3v) is 0.818. The van der Waals surface area contributed by atoms with Crippen molar-refractivity contribution >= 4 is 23.7 Å². The van der Waals surface area contributed by atoms with Crippen molar-refractivity contribution in [2.45, 2.75) is 6.04 Å². The van der Waals surface area contributed by atoms with E-state index in [2.05, 4.69) is 12.6 Å². The van der Waals surface area contributed by atoms with Crippen LogP contribution in [-0.2, 0) is 9.59 Å². The summed E-state index contributed by atoms with van der Waals surface area (Å²) in [5, 5.41) is 8.93. The van der Waals surface area contributed by atoms with Gasteiger partial charge in [0, 0.05) is 0 Å². The quantitative estimate of drug-likeness (QED) is 0.326. The molecule has 0 saturated heterocycles. The zero-order valence-electron chi connectivity index (χ0n) is 4.14. The van der Waals surface area contributed by atoms with Gasteiger partial charge in [0.25, 0.3) is 6.04 Å². The minimum atomic E-state index is -1.87. The van der Waals surface area contributed by atoms with Gasteiger partial charge < -0.3 is 5.11 Å². The number of nitroso groups, excluding NO2 is 1. The summed E-state index contributed by atoms with van der Waals surface area (Å²) in [5.41, 5.74) is 0. The Morgan fingerprint density at radius 3 is 2.00 bits per heavy atom. The molecule has 1 N–H and O–H groups in total. The summed E-state index contributed by atoms with van der Waals surface area (Å²) < 4.78 is 0. The van der Waals surface area contributed by atoms with Crippen LogP contribution >= 0.6 is 12.6 Å². The minimum Gasteiger partial charge on any atom is -0.479 e. The fourth-order valence-corrected chi connectivity index (χ4v) is 0.353. The Kier molecular flexibility index (Phi) is 2.86. The van der Waals surface area contributed by atoms with Crippen LogP contribution in [0.1, 0.15) is 0 Å². The Hall–Kier alpha value is -0.910. The van der Waals surface area contributed by atoms with Crippen LogP contribution in [0.15, 0.2) is 5.18 Å². The molecule has 9 heavy (non-hydrogen) atoms. The SMILES string of the molecule is O=N[C@H](C(=O)O)C(=O)S. The van der Waals surface area contributed by atoms with E-state index >= 15 is 0 Å². The molecule has 5 nitrogen and oxygen atoms in total. The topological polar surface area (TPSA) is 83.8 Å². The minimum absolute atomic E-state index is 1.06. The maximum Gasteiger partial charge on any atom is 0.340 e. The predicted molar refractivity (Wildman–Crippen MR) is 31.2 cm³/mol. The number of nitrogens with zero attached hydrogens (tertiary/aromatic N) is 1. The molecule has 0 amide bonds. The van der Waals surface area contributed by atoms with Gasteiger partial charge in [-0.3, -0.25) is 4.79 Å². The van der Waals surface area contributed by atoms with Crippen LogP contribution in [0, 0.1) is 4.91 Å². The van der Waals surface area contributed by atoms with Crippen molar-refractivity contribution in [3.63, 3.8) is 0 Å². The molecule has 0 unspecified atom stereocenters. The number of aliphatic carboxylic acids is 1. The van der Waals surface area contributed by atoms with Gasteiger partial charge in [-0.25, -0.2) is 4.79 Å². The maximum absolute atomic E-state index is 10.0. The van der Waals surface area contributed by atoms with E-state index in [-0.39, 0.29) is 0 Å². The van der Waals surface area contributed by atoms with Crippen molar-refractivity contribution in [2.75, 3.05) is 0 Å². The zero-order chi connectivity index (χ0) is 7.44. The summed E-state index contributed by atoms with van der Waals surface area (Å²) in [5.74, 6) is -1.58. The molecule has 50 valence electrons. The monoisotopic (exact) mass is 149 g/mol. The smallest absolute Gasteiger partial charge is 0.340 e. The van der Waals surface area contributed by atoms with Crippen LogP contribution in [0.2, 0.25) is 0 Å². The zero-order valence-corrected chi connectivity index (χ0v) is 5.04. The lowest BCUT2D eigenvalue weighted by Gasteiger charge is -1.92. The fraction of sp³-hybridized carbons (Fsp3) is 0.333. The van der Waals surface area contributed by atoms with Gasteiger partial charge in [-0.2, -0.15) is 0 Å². The van der Waals surface area contributed by atoms with E-state index in [4.69, 9.17) is 5.11 Å². The van der Waals surface area contributed by atoms with Crippen molar-refractivity contribution in [2.24, 2.45) is 5.18 Å². The highest BCUT2D eigenvalue weighted by molar-refractivity contribution is 7.96. The number of carboxylic acid groups (broad SMARTS) is 1. The number of thiol groups is 1. The van der Waals surface area contributed by atoms with E-state index in [9.17, 15) is 14.5 Å². The summed E-state index contributed by atoms with van der Waals surface area (Å²) in [6.45, 7) is 0. The number of carbonyl (C=O) groups excluding carboxylic acids is 1. The summed E-state index contributed by atoms with van der Waals surface area (Å²) >= 11 is 3.10. The molecule has 0 spiro atoms. The summed E-state index contributed by atoms with van der Waals surface area (Å²) in [4.78, 5) is 29.3. The van der Waals surface area contributed by atoms with Crippen molar-refractivity contribution in [3.8, 4) is 0 Å². The Labute approximate surface area is 55.4 Å². The highest BCUT2D eigenvalue weighted by Crippen LogP contribution is 1.95. The standard InChI is InChI=1S/C3H3NO4S/c5-2(6)1(4-8)3(7)9/h1H,(H,5,6)(H,7,9)/t1-/m1/s1. The molecular formula is C3H3NO4S. The summed E-state index contributed by atoms with van der Waals surface area (Å²) in [6, 6.07) is -1.87. The third kappa shape index (κ3) is 2.22. The normalized spacial score (nSPS) is 12.1. The van der Waals surface area contributed by atoms with Crippen molar-refractivity contribution in [1.29, 1.82) is 0 Å². The van der Waals surface area contributed by atoms with E-state index in [0.717, 1.165) is 0 Å². The second-order valence-electron chi connectivity index (χ2n) is 1.18. The van der Waals surface area contributed by atoms with E-state index in [0.29, 0.717) is 0 Å². The Balaban J connectivity index is 4.16. The van der Waals surface area contributed by atoms with Gasteiger partial charge in [0.1, 0.15) is 0 Å². The van der Waals surface area contributed by atoms with Crippen molar-refractivity contribution < 1.29 is 14.7 Å². The number of carboxylic acids is 1. The highest BCUT2D eigenvalue weighted by atomic mass is 32.1. The molecule has 0 aliphatic carbocycles. The Morgan fingerprint density at radius 2 is 2.00 bits per heavy atom.